The summed E-state index contributed by atoms with van der Waals surface area (Å²) in [6.45, 7) is 0.617. The SMILES string of the molecule is CN(C)C(=NCCc1ccc(OCC(N)=O)cc1)N(C)C.I. The molecule has 0 aliphatic carbocycles. The normalized spacial score (nSPS) is 9.45. The Morgan fingerprint density at radius 1 is 1.14 bits per heavy atom. The average Bonchev–Trinajstić information content (AvgIpc) is 2.41. The van der Waals surface area contributed by atoms with Gasteiger partial charge in [-0.15, -0.1) is 24.0 Å². The molecule has 124 valence electrons. The van der Waals surface area contributed by atoms with Crippen molar-refractivity contribution >= 4 is 35.8 Å². The second kappa shape index (κ2) is 10.3. The molecule has 0 spiro atoms. The maximum absolute atomic E-state index is 10.6. The van der Waals surface area contributed by atoms with Gasteiger partial charge in [0.2, 0.25) is 0 Å². The Morgan fingerprint density at radius 2 is 1.68 bits per heavy atom. The summed E-state index contributed by atoms with van der Waals surface area (Å²) in [7, 11) is 7.90. The van der Waals surface area contributed by atoms with E-state index in [4.69, 9.17) is 10.5 Å². The molecule has 1 rings (SSSR count). The van der Waals surface area contributed by atoms with Crippen LogP contribution in [0.5, 0.6) is 5.75 Å². The number of nitrogens with zero attached hydrogens (tertiary/aromatic N) is 3. The summed E-state index contributed by atoms with van der Waals surface area (Å²) in [5.41, 5.74) is 6.19. The largest absolute Gasteiger partial charge is 0.484 e. The van der Waals surface area contributed by atoms with E-state index in [1.165, 1.54) is 5.56 Å². The molecule has 0 saturated carbocycles. The van der Waals surface area contributed by atoms with Crippen molar-refractivity contribution in [1.29, 1.82) is 0 Å². The van der Waals surface area contributed by atoms with Crippen molar-refractivity contribution in [2.45, 2.75) is 6.42 Å². The van der Waals surface area contributed by atoms with E-state index in [0.29, 0.717) is 12.3 Å². The van der Waals surface area contributed by atoms with Gasteiger partial charge in [-0.1, -0.05) is 12.1 Å². The van der Waals surface area contributed by atoms with Gasteiger partial charge in [0.15, 0.2) is 12.6 Å². The van der Waals surface area contributed by atoms with Gasteiger partial charge in [0, 0.05) is 34.7 Å². The molecule has 0 aliphatic rings. The lowest BCUT2D eigenvalue weighted by atomic mass is 10.1. The van der Waals surface area contributed by atoms with Crippen molar-refractivity contribution in [3.63, 3.8) is 0 Å². The first-order valence-electron chi connectivity index (χ1n) is 6.79. The minimum absolute atomic E-state index is 0. The monoisotopic (exact) mass is 420 g/mol. The molecule has 22 heavy (non-hydrogen) atoms. The van der Waals surface area contributed by atoms with E-state index >= 15 is 0 Å². The quantitative estimate of drug-likeness (QED) is 0.427. The summed E-state index contributed by atoms with van der Waals surface area (Å²) in [6, 6.07) is 7.61. The molecule has 0 bridgehead atoms. The molecule has 1 amide bonds. The molecule has 0 unspecified atom stereocenters. The molecule has 0 heterocycles. The van der Waals surface area contributed by atoms with E-state index in [-0.39, 0.29) is 30.6 Å². The van der Waals surface area contributed by atoms with Crippen molar-refractivity contribution in [3.8, 4) is 5.75 Å². The molecule has 7 heteroatoms. The number of amides is 1. The van der Waals surface area contributed by atoms with Crippen LogP contribution in [0.2, 0.25) is 0 Å². The van der Waals surface area contributed by atoms with Gasteiger partial charge >= 0.3 is 0 Å². The summed E-state index contributed by atoms with van der Waals surface area (Å²) < 4.78 is 5.21. The second-order valence-corrected chi connectivity index (χ2v) is 5.12. The van der Waals surface area contributed by atoms with Gasteiger partial charge < -0.3 is 20.3 Å². The third-order valence-corrected chi connectivity index (χ3v) is 2.76. The van der Waals surface area contributed by atoms with Crippen LogP contribution in [0.25, 0.3) is 0 Å². The van der Waals surface area contributed by atoms with Crippen LogP contribution < -0.4 is 10.5 Å². The smallest absolute Gasteiger partial charge is 0.255 e. The van der Waals surface area contributed by atoms with Crippen molar-refractivity contribution < 1.29 is 9.53 Å². The van der Waals surface area contributed by atoms with Gasteiger partial charge in [-0.05, 0) is 24.1 Å². The van der Waals surface area contributed by atoms with Crippen LogP contribution in [0, 0.1) is 0 Å². The van der Waals surface area contributed by atoms with Crippen LogP contribution in [0.1, 0.15) is 5.56 Å². The summed E-state index contributed by atoms with van der Waals surface area (Å²) >= 11 is 0. The maximum atomic E-state index is 10.6. The number of benzene rings is 1. The van der Waals surface area contributed by atoms with E-state index in [9.17, 15) is 4.79 Å². The number of ether oxygens (including phenoxy) is 1. The molecular formula is C15H25IN4O2. The predicted molar refractivity (Wildman–Crippen MR) is 99.9 cm³/mol. The lowest BCUT2D eigenvalue weighted by Crippen LogP contribution is -2.35. The Balaban J connectivity index is 0.00000441. The Hall–Kier alpha value is -1.51. The van der Waals surface area contributed by atoms with E-state index in [1.807, 2.05) is 62.3 Å². The molecule has 0 atom stereocenters. The van der Waals surface area contributed by atoms with Gasteiger partial charge in [-0.2, -0.15) is 0 Å². The number of halogens is 1. The minimum Gasteiger partial charge on any atom is -0.484 e. The highest BCUT2D eigenvalue weighted by Gasteiger charge is 2.03. The summed E-state index contributed by atoms with van der Waals surface area (Å²) in [5.74, 6) is 1.10. The highest BCUT2D eigenvalue weighted by molar-refractivity contribution is 14.0. The zero-order valence-electron chi connectivity index (χ0n) is 13.6. The number of hydrogen-bond acceptors (Lipinski definition) is 3. The third kappa shape index (κ3) is 7.48. The number of hydrogen-bond donors (Lipinski definition) is 1. The molecule has 0 aromatic heterocycles. The Labute approximate surface area is 149 Å². The van der Waals surface area contributed by atoms with E-state index in [1.54, 1.807) is 0 Å². The van der Waals surface area contributed by atoms with Crippen LogP contribution in [0.15, 0.2) is 29.3 Å². The van der Waals surface area contributed by atoms with E-state index < -0.39 is 5.91 Å². The molecule has 6 nitrogen and oxygen atoms in total. The summed E-state index contributed by atoms with van der Waals surface area (Å²) in [4.78, 5) is 19.2. The fourth-order valence-electron chi connectivity index (χ4n) is 1.87. The third-order valence-electron chi connectivity index (χ3n) is 2.76. The fourth-order valence-corrected chi connectivity index (χ4v) is 1.87. The lowest BCUT2D eigenvalue weighted by Gasteiger charge is -2.22. The first-order chi connectivity index (χ1) is 9.90. The Kier molecular flexibility index (Phi) is 9.55. The standard InChI is InChI=1S/C15H24N4O2.HI/c1-18(2)15(19(3)4)17-10-9-12-5-7-13(8-6-12)21-11-14(16)20;/h5-8H,9-11H2,1-4H3,(H2,16,20);1H. The van der Waals surface area contributed by atoms with Crippen molar-refractivity contribution in [2.24, 2.45) is 10.7 Å². The number of guanidine groups is 1. The van der Waals surface area contributed by atoms with Crippen LogP contribution >= 0.6 is 24.0 Å². The molecule has 1 aromatic carbocycles. The van der Waals surface area contributed by atoms with E-state index in [0.717, 1.165) is 12.4 Å². The van der Waals surface area contributed by atoms with Gasteiger partial charge in [0.1, 0.15) is 5.75 Å². The first kappa shape index (κ1) is 20.5. The number of nitrogens with two attached hydrogens (primary N) is 1. The number of aliphatic imine (C=N–C) groups is 1. The van der Waals surface area contributed by atoms with Crippen LogP contribution in [0.4, 0.5) is 0 Å². The molecule has 2 N–H and O–H groups in total. The highest BCUT2D eigenvalue weighted by Crippen LogP contribution is 2.12. The van der Waals surface area contributed by atoms with Crippen LogP contribution in [-0.4, -0.2) is 63.0 Å². The zero-order chi connectivity index (χ0) is 15.8. The van der Waals surface area contributed by atoms with Crippen LogP contribution in [-0.2, 0) is 11.2 Å². The van der Waals surface area contributed by atoms with Gasteiger partial charge in [-0.25, -0.2) is 0 Å². The lowest BCUT2D eigenvalue weighted by molar-refractivity contribution is -0.119. The minimum atomic E-state index is -0.478. The Morgan fingerprint density at radius 3 is 2.14 bits per heavy atom. The Bertz CT molecular complexity index is 477. The molecule has 1 aromatic rings. The van der Waals surface area contributed by atoms with Crippen molar-refractivity contribution in [2.75, 3.05) is 41.3 Å². The van der Waals surface area contributed by atoms with Gasteiger partial charge in [0.05, 0.1) is 0 Å². The van der Waals surface area contributed by atoms with Crippen molar-refractivity contribution in [3.05, 3.63) is 29.8 Å². The highest BCUT2D eigenvalue weighted by atomic mass is 127. The topological polar surface area (TPSA) is 71.2 Å². The fraction of sp³-hybridized carbons (Fsp3) is 0.467. The number of carbonyl (C=O) groups is 1. The van der Waals surface area contributed by atoms with Gasteiger partial charge in [-0.3, -0.25) is 9.79 Å². The average molecular weight is 420 g/mol. The second-order valence-electron chi connectivity index (χ2n) is 5.12. The molecule has 0 saturated heterocycles. The molecule has 0 fully saturated rings. The summed E-state index contributed by atoms with van der Waals surface area (Å²) in [5, 5.41) is 0. The molecule has 0 radical (unpaired) electrons. The summed E-state index contributed by atoms with van der Waals surface area (Å²) in [6.07, 6.45) is 0.848. The van der Waals surface area contributed by atoms with Gasteiger partial charge in [0.25, 0.3) is 5.91 Å². The predicted octanol–water partition coefficient (Wildman–Crippen LogP) is 1.19. The van der Waals surface area contributed by atoms with Crippen molar-refractivity contribution in [1.82, 2.24) is 9.80 Å². The first-order valence-corrected chi connectivity index (χ1v) is 6.79. The number of rotatable bonds is 6. The zero-order valence-corrected chi connectivity index (χ0v) is 15.9. The number of carbonyl (C=O) groups excluding carboxylic acids is 1. The number of primary amides is 1. The van der Waals surface area contributed by atoms with E-state index in [2.05, 4.69) is 4.99 Å². The maximum Gasteiger partial charge on any atom is 0.255 e. The molecule has 0 aliphatic heterocycles. The molecular weight excluding hydrogens is 395 g/mol. The van der Waals surface area contributed by atoms with Crippen LogP contribution in [0.3, 0.4) is 0 Å².